The highest BCUT2D eigenvalue weighted by molar-refractivity contribution is 6.16. The highest BCUT2D eigenvalue weighted by atomic mass is 16.2. The Morgan fingerprint density at radius 1 is 1.10 bits per heavy atom. The summed E-state index contributed by atoms with van der Waals surface area (Å²) in [6.45, 7) is 6.76. The normalized spacial score (nSPS) is 19.3. The minimum Gasteiger partial charge on any atom is -0.277 e. The van der Waals surface area contributed by atoms with Crippen molar-refractivity contribution in [1.82, 2.24) is 10.2 Å². The lowest BCUT2D eigenvalue weighted by atomic mass is 9.99. The number of nitrogens with one attached hydrogen (secondary N) is 1. The van der Waals surface area contributed by atoms with Crippen LogP contribution < -0.4 is 5.32 Å². The second kappa shape index (κ2) is 8.80. The zero-order valence-corrected chi connectivity index (χ0v) is 13.5. The van der Waals surface area contributed by atoms with Crippen LogP contribution in [0.3, 0.4) is 0 Å². The first-order chi connectivity index (χ1) is 9.97. The Morgan fingerprint density at radius 2 is 1.76 bits per heavy atom. The minimum absolute atomic E-state index is 0.326. The van der Waals surface area contributed by atoms with Gasteiger partial charge in [0.25, 0.3) is 0 Å². The Balaban J connectivity index is 2.37. The summed E-state index contributed by atoms with van der Waals surface area (Å²) in [5, 5.41) is 2.29. The summed E-state index contributed by atoms with van der Waals surface area (Å²) >= 11 is 0. The Bertz CT molecular complexity index is 380. The van der Waals surface area contributed by atoms with Crippen LogP contribution in [0, 0.1) is 11.8 Å². The number of imide groups is 2. The van der Waals surface area contributed by atoms with Gasteiger partial charge >= 0.3 is 6.03 Å². The second-order valence-electron chi connectivity index (χ2n) is 6.22. The molecule has 1 unspecified atom stereocenters. The van der Waals surface area contributed by atoms with Crippen molar-refractivity contribution in [3.05, 3.63) is 0 Å². The van der Waals surface area contributed by atoms with Gasteiger partial charge in [-0.25, -0.2) is 4.79 Å². The molecule has 0 spiro atoms. The van der Waals surface area contributed by atoms with Crippen LogP contribution in [0.4, 0.5) is 4.79 Å². The number of unbranched alkanes of at least 4 members (excludes halogenated alkanes) is 3. The van der Waals surface area contributed by atoms with Crippen molar-refractivity contribution in [2.45, 2.75) is 65.7 Å². The van der Waals surface area contributed by atoms with Crippen LogP contribution in [0.25, 0.3) is 0 Å². The third kappa shape index (κ3) is 5.48. The molecule has 0 aromatic rings. The van der Waals surface area contributed by atoms with Crippen molar-refractivity contribution in [2.24, 2.45) is 11.8 Å². The summed E-state index contributed by atoms with van der Waals surface area (Å²) in [4.78, 5) is 36.8. The maximum atomic E-state index is 12.2. The number of rotatable bonds is 9. The van der Waals surface area contributed by atoms with Crippen LogP contribution in [0.2, 0.25) is 0 Å². The molecule has 4 amide bonds. The first-order valence-electron chi connectivity index (χ1n) is 8.13. The summed E-state index contributed by atoms with van der Waals surface area (Å²) < 4.78 is 0. The number of urea groups is 1. The molecular weight excluding hydrogens is 268 g/mol. The fraction of sp³-hybridized carbons (Fsp3) is 0.812. The van der Waals surface area contributed by atoms with Crippen molar-refractivity contribution in [2.75, 3.05) is 6.54 Å². The van der Waals surface area contributed by atoms with E-state index < -0.39 is 17.9 Å². The molecule has 21 heavy (non-hydrogen) atoms. The fourth-order valence-electron chi connectivity index (χ4n) is 2.59. The quantitative estimate of drug-likeness (QED) is 0.525. The zero-order chi connectivity index (χ0) is 15.8. The molecule has 120 valence electrons. The lowest BCUT2D eigenvalue weighted by Crippen LogP contribution is -2.58. The third-order valence-corrected chi connectivity index (χ3v) is 3.85. The average Bonchev–Trinajstić information content (AvgIpc) is 2.41. The lowest BCUT2D eigenvalue weighted by Gasteiger charge is -2.30. The number of hydrogen-bond donors (Lipinski definition) is 1. The van der Waals surface area contributed by atoms with Crippen LogP contribution in [-0.2, 0) is 9.59 Å². The van der Waals surface area contributed by atoms with E-state index in [1.165, 1.54) is 17.7 Å². The molecule has 1 N–H and O–H groups in total. The van der Waals surface area contributed by atoms with Gasteiger partial charge in [0.1, 0.15) is 5.92 Å². The molecule has 1 heterocycles. The summed E-state index contributed by atoms with van der Waals surface area (Å²) in [6, 6.07) is -0.556. The molecule has 5 heteroatoms. The first kappa shape index (κ1) is 17.7. The molecule has 1 fully saturated rings. The maximum Gasteiger partial charge on any atom is 0.330 e. The standard InChI is InChI=1S/C16H28N2O3/c1-4-9-13-14(19)17-16(21)18(15(13)20)11-8-6-5-7-10-12(2)3/h12-13H,4-11H2,1-3H3,(H,17,19,21). The maximum absolute atomic E-state index is 12.2. The van der Waals surface area contributed by atoms with Gasteiger partial charge in [-0.3, -0.25) is 19.8 Å². The van der Waals surface area contributed by atoms with E-state index in [0.717, 1.165) is 31.6 Å². The fourth-order valence-corrected chi connectivity index (χ4v) is 2.59. The van der Waals surface area contributed by atoms with Crippen LogP contribution in [0.5, 0.6) is 0 Å². The van der Waals surface area contributed by atoms with Gasteiger partial charge in [-0.05, 0) is 18.8 Å². The molecule has 1 rings (SSSR count). The van der Waals surface area contributed by atoms with E-state index in [-0.39, 0.29) is 5.91 Å². The van der Waals surface area contributed by atoms with Gasteiger partial charge in [-0.2, -0.15) is 0 Å². The molecule has 0 aliphatic carbocycles. The number of carbonyl (C=O) groups excluding carboxylic acids is 3. The number of carbonyl (C=O) groups is 3. The predicted octanol–water partition coefficient (Wildman–Crippen LogP) is 3.09. The molecule has 1 aliphatic heterocycles. The van der Waals surface area contributed by atoms with Gasteiger partial charge in [-0.15, -0.1) is 0 Å². The molecule has 0 aromatic carbocycles. The predicted molar refractivity (Wildman–Crippen MR) is 81.6 cm³/mol. The van der Waals surface area contributed by atoms with E-state index >= 15 is 0 Å². The van der Waals surface area contributed by atoms with Crippen molar-refractivity contribution in [3.8, 4) is 0 Å². The Labute approximate surface area is 127 Å². The summed E-state index contributed by atoms with van der Waals surface area (Å²) in [6.07, 6.45) is 6.61. The van der Waals surface area contributed by atoms with Crippen molar-refractivity contribution in [3.63, 3.8) is 0 Å². The summed E-state index contributed by atoms with van der Waals surface area (Å²) in [5.74, 6) is -0.735. The number of hydrogen-bond acceptors (Lipinski definition) is 3. The van der Waals surface area contributed by atoms with Gasteiger partial charge in [0, 0.05) is 6.54 Å². The van der Waals surface area contributed by atoms with Crippen LogP contribution >= 0.6 is 0 Å². The van der Waals surface area contributed by atoms with Crippen LogP contribution in [-0.4, -0.2) is 29.3 Å². The molecule has 0 bridgehead atoms. The number of barbiturate groups is 1. The molecule has 1 aliphatic rings. The van der Waals surface area contributed by atoms with Gasteiger partial charge in [0.15, 0.2) is 0 Å². The average molecular weight is 296 g/mol. The minimum atomic E-state index is -0.686. The second-order valence-corrected chi connectivity index (χ2v) is 6.22. The SMILES string of the molecule is CCCC1C(=O)NC(=O)N(CCCCCCC(C)C)C1=O. The summed E-state index contributed by atoms with van der Waals surface area (Å²) in [7, 11) is 0. The molecule has 0 aromatic heterocycles. The van der Waals surface area contributed by atoms with Crippen LogP contribution in [0.15, 0.2) is 0 Å². The largest absolute Gasteiger partial charge is 0.330 e. The number of nitrogens with zero attached hydrogens (tertiary/aromatic N) is 1. The van der Waals surface area contributed by atoms with E-state index in [1.54, 1.807) is 0 Å². The van der Waals surface area contributed by atoms with Crippen LogP contribution in [0.1, 0.15) is 65.7 Å². The van der Waals surface area contributed by atoms with Gasteiger partial charge in [0.2, 0.25) is 11.8 Å². The summed E-state index contributed by atoms with van der Waals surface area (Å²) in [5.41, 5.74) is 0. The molecule has 1 saturated heterocycles. The van der Waals surface area contributed by atoms with E-state index in [0.29, 0.717) is 13.0 Å². The third-order valence-electron chi connectivity index (χ3n) is 3.85. The van der Waals surface area contributed by atoms with Gasteiger partial charge in [-0.1, -0.05) is 52.9 Å². The molecule has 0 saturated carbocycles. The lowest BCUT2D eigenvalue weighted by molar-refractivity contribution is -0.142. The Hall–Kier alpha value is -1.39. The first-order valence-corrected chi connectivity index (χ1v) is 8.13. The molecule has 5 nitrogen and oxygen atoms in total. The Morgan fingerprint density at radius 3 is 2.38 bits per heavy atom. The molecule has 0 radical (unpaired) electrons. The van der Waals surface area contributed by atoms with E-state index in [1.807, 2.05) is 6.92 Å². The topological polar surface area (TPSA) is 66.5 Å². The number of amides is 4. The van der Waals surface area contributed by atoms with Crippen molar-refractivity contribution >= 4 is 17.8 Å². The highest BCUT2D eigenvalue weighted by Crippen LogP contribution is 2.17. The van der Waals surface area contributed by atoms with Gasteiger partial charge in [0.05, 0.1) is 0 Å². The Kier molecular flexibility index (Phi) is 7.40. The highest BCUT2D eigenvalue weighted by Gasteiger charge is 2.39. The molecule has 1 atom stereocenters. The van der Waals surface area contributed by atoms with E-state index in [4.69, 9.17) is 0 Å². The molecular formula is C16H28N2O3. The van der Waals surface area contributed by atoms with Crippen molar-refractivity contribution in [1.29, 1.82) is 0 Å². The van der Waals surface area contributed by atoms with E-state index in [2.05, 4.69) is 19.2 Å². The monoisotopic (exact) mass is 296 g/mol. The van der Waals surface area contributed by atoms with E-state index in [9.17, 15) is 14.4 Å². The van der Waals surface area contributed by atoms with Crippen molar-refractivity contribution < 1.29 is 14.4 Å². The van der Waals surface area contributed by atoms with Gasteiger partial charge < -0.3 is 0 Å². The zero-order valence-electron chi connectivity index (χ0n) is 13.5. The smallest absolute Gasteiger partial charge is 0.277 e.